The molecule has 0 saturated heterocycles. The van der Waals surface area contributed by atoms with Gasteiger partial charge < -0.3 is 10.1 Å². The molecule has 0 spiro atoms. The molecule has 0 bridgehead atoms. The van der Waals surface area contributed by atoms with Crippen LogP contribution in [-0.2, 0) is 0 Å². The van der Waals surface area contributed by atoms with Gasteiger partial charge in [0, 0.05) is 11.7 Å². The van der Waals surface area contributed by atoms with E-state index in [0.29, 0.717) is 29.5 Å². The second-order valence-corrected chi connectivity index (χ2v) is 6.59. The maximum absolute atomic E-state index is 6.24. The van der Waals surface area contributed by atoms with Crippen LogP contribution < -0.4 is 10.1 Å². The van der Waals surface area contributed by atoms with Gasteiger partial charge in [-0.3, -0.25) is 0 Å². The molecule has 0 aromatic heterocycles. The van der Waals surface area contributed by atoms with Crippen LogP contribution in [0.15, 0.2) is 18.2 Å². The molecule has 2 nitrogen and oxygen atoms in total. The van der Waals surface area contributed by atoms with Crippen molar-refractivity contribution >= 4 is 17.3 Å². The third kappa shape index (κ3) is 6.04. The van der Waals surface area contributed by atoms with Gasteiger partial charge in [-0.05, 0) is 49.8 Å². The fraction of sp³-hybridized carbons (Fsp3) is 0.647. The van der Waals surface area contributed by atoms with Gasteiger partial charge in [-0.1, -0.05) is 39.3 Å². The molecule has 0 atom stereocenters. The first kappa shape index (κ1) is 17.2. The number of nitrogens with one attached hydrogen (secondary N) is 1. The number of hydrogen-bond donors (Lipinski definition) is 1. The van der Waals surface area contributed by atoms with E-state index < -0.39 is 0 Å². The highest BCUT2D eigenvalue weighted by atomic mass is 35.5. The summed E-state index contributed by atoms with van der Waals surface area (Å²) in [6.45, 7) is 11.7. The van der Waals surface area contributed by atoms with Gasteiger partial charge in [0.15, 0.2) is 0 Å². The van der Waals surface area contributed by atoms with Crippen molar-refractivity contribution in [2.75, 3.05) is 11.9 Å². The molecule has 0 radical (unpaired) electrons. The highest BCUT2D eigenvalue weighted by Crippen LogP contribution is 2.29. The molecule has 0 aliphatic carbocycles. The van der Waals surface area contributed by atoms with Crippen molar-refractivity contribution in [3.05, 3.63) is 23.2 Å². The summed E-state index contributed by atoms with van der Waals surface area (Å²) < 4.78 is 5.47. The van der Waals surface area contributed by atoms with Crippen molar-refractivity contribution in [3.63, 3.8) is 0 Å². The van der Waals surface area contributed by atoms with Gasteiger partial charge in [0.2, 0.25) is 0 Å². The van der Waals surface area contributed by atoms with Crippen LogP contribution in [0.1, 0.15) is 47.5 Å². The van der Waals surface area contributed by atoms with E-state index >= 15 is 0 Å². The summed E-state index contributed by atoms with van der Waals surface area (Å²) in [5.74, 6) is 2.12. The quantitative estimate of drug-likeness (QED) is 0.673. The monoisotopic (exact) mass is 297 g/mol. The van der Waals surface area contributed by atoms with Crippen LogP contribution in [0, 0.1) is 11.8 Å². The molecule has 1 aromatic rings. The molecule has 0 fully saturated rings. The van der Waals surface area contributed by atoms with Crippen LogP contribution in [0.3, 0.4) is 0 Å². The zero-order valence-corrected chi connectivity index (χ0v) is 14.1. The van der Waals surface area contributed by atoms with E-state index in [1.54, 1.807) is 0 Å². The van der Waals surface area contributed by atoms with Crippen molar-refractivity contribution in [1.29, 1.82) is 0 Å². The van der Waals surface area contributed by atoms with Crippen LogP contribution in [0.2, 0.25) is 5.02 Å². The number of anilines is 1. The van der Waals surface area contributed by atoms with Gasteiger partial charge in [0.25, 0.3) is 0 Å². The lowest BCUT2D eigenvalue weighted by molar-refractivity contribution is 0.340. The molecular weight excluding hydrogens is 270 g/mol. The topological polar surface area (TPSA) is 21.3 Å². The number of rotatable bonds is 8. The van der Waals surface area contributed by atoms with E-state index in [1.165, 1.54) is 12.8 Å². The van der Waals surface area contributed by atoms with Crippen molar-refractivity contribution in [1.82, 2.24) is 0 Å². The molecule has 3 heteroatoms. The lowest BCUT2D eigenvalue weighted by Crippen LogP contribution is -2.23. The summed E-state index contributed by atoms with van der Waals surface area (Å²) in [6, 6.07) is 6.43. The summed E-state index contributed by atoms with van der Waals surface area (Å²) in [5, 5.41) is 4.28. The normalized spacial score (nSPS) is 11.4. The second kappa shape index (κ2) is 8.41. The number of ether oxygens (including phenoxy) is 1. The van der Waals surface area contributed by atoms with Crippen LogP contribution in [0.5, 0.6) is 5.75 Å². The average Bonchev–Trinajstić information content (AvgIpc) is 2.31. The van der Waals surface area contributed by atoms with E-state index in [2.05, 4.69) is 33.0 Å². The molecule has 1 N–H and O–H groups in total. The molecule has 0 heterocycles. The highest BCUT2D eigenvalue weighted by Gasteiger charge is 2.13. The Morgan fingerprint density at radius 2 is 1.70 bits per heavy atom. The van der Waals surface area contributed by atoms with Crippen molar-refractivity contribution in [2.45, 2.75) is 53.5 Å². The number of halogens is 1. The molecule has 0 amide bonds. The van der Waals surface area contributed by atoms with Gasteiger partial charge in [0.05, 0.1) is 11.6 Å². The molecule has 0 saturated carbocycles. The first-order chi connectivity index (χ1) is 9.42. The molecule has 114 valence electrons. The molecule has 20 heavy (non-hydrogen) atoms. The largest absolute Gasteiger partial charge is 0.492 e. The average molecular weight is 298 g/mol. The van der Waals surface area contributed by atoms with Crippen molar-refractivity contribution in [3.8, 4) is 5.75 Å². The van der Waals surface area contributed by atoms with Gasteiger partial charge in [-0.15, -0.1) is 0 Å². The van der Waals surface area contributed by atoms with E-state index in [1.807, 2.05) is 25.1 Å². The number of hydrogen-bond acceptors (Lipinski definition) is 2. The van der Waals surface area contributed by atoms with Gasteiger partial charge in [0.1, 0.15) is 5.75 Å². The van der Waals surface area contributed by atoms with Gasteiger partial charge in [-0.25, -0.2) is 0 Å². The summed E-state index contributed by atoms with van der Waals surface area (Å²) in [4.78, 5) is 0. The molecule has 1 rings (SSSR count). The van der Waals surface area contributed by atoms with Gasteiger partial charge in [-0.2, -0.15) is 0 Å². The molecule has 1 aromatic carbocycles. The third-order valence-electron chi connectivity index (χ3n) is 3.11. The smallest absolute Gasteiger partial charge is 0.138 e. The minimum Gasteiger partial charge on any atom is -0.492 e. The van der Waals surface area contributed by atoms with Crippen LogP contribution in [-0.4, -0.2) is 12.6 Å². The van der Waals surface area contributed by atoms with E-state index in [4.69, 9.17) is 16.3 Å². The Morgan fingerprint density at radius 3 is 2.15 bits per heavy atom. The SMILES string of the molecule is CCOc1ccc(NC(CC(C)C)CC(C)C)cc1Cl. The molecule has 0 unspecified atom stereocenters. The Balaban J connectivity index is 2.74. The Labute approximate surface area is 128 Å². The lowest BCUT2D eigenvalue weighted by Gasteiger charge is -2.24. The zero-order chi connectivity index (χ0) is 15.1. The molecule has 0 aliphatic heterocycles. The van der Waals surface area contributed by atoms with E-state index in [0.717, 1.165) is 11.4 Å². The van der Waals surface area contributed by atoms with Crippen LogP contribution in [0.4, 0.5) is 5.69 Å². The van der Waals surface area contributed by atoms with E-state index in [9.17, 15) is 0 Å². The molecular formula is C17H28ClNO. The zero-order valence-electron chi connectivity index (χ0n) is 13.4. The fourth-order valence-electron chi connectivity index (χ4n) is 2.45. The third-order valence-corrected chi connectivity index (χ3v) is 3.41. The summed E-state index contributed by atoms with van der Waals surface area (Å²) in [6.07, 6.45) is 2.34. The molecule has 0 aliphatic rings. The van der Waals surface area contributed by atoms with Crippen molar-refractivity contribution < 1.29 is 4.74 Å². The first-order valence-electron chi connectivity index (χ1n) is 7.61. The Hall–Kier alpha value is -0.890. The number of benzene rings is 1. The minimum absolute atomic E-state index is 0.490. The Bertz CT molecular complexity index is 394. The van der Waals surface area contributed by atoms with Crippen LogP contribution >= 0.6 is 11.6 Å². The van der Waals surface area contributed by atoms with Crippen molar-refractivity contribution in [2.24, 2.45) is 11.8 Å². The Morgan fingerprint density at radius 1 is 1.10 bits per heavy atom. The first-order valence-corrected chi connectivity index (χ1v) is 7.99. The highest BCUT2D eigenvalue weighted by molar-refractivity contribution is 6.32. The summed E-state index contributed by atoms with van der Waals surface area (Å²) in [5.41, 5.74) is 1.07. The van der Waals surface area contributed by atoms with Crippen LogP contribution in [0.25, 0.3) is 0 Å². The maximum atomic E-state index is 6.24. The van der Waals surface area contributed by atoms with Gasteiger partial charge >= 0.3 is 0 Å². The fourth-order valence-corrected chi connectivity index (χ4v) is 2.69. The lowest BCUT2D eigenvalue weighted by atomic mass is 9.95. The second-order valence-electron chi connectivity index (χ2n) is 6.18. The standard InChI is InChI=1S/C17H28ClNO/c1-6-20-17-8-7-14(11-16(17)18)19-15(9-12(2)3)10-13(4)5/h7-8,11-13,15,19H,6,9-10H2,1-5H3. The summed E-state index contributed by atoms with van der Waals surface area (Å²) >= 11 is 6.24. The Kier molecular flexibility index (Phi) is 7.22. The predicted molar refractivity (Wildman–Crippen MR) is 88.9 cm³/mol. The maximum Gasteiger partial charge on any atom is 0.138 e. The summed E-state index contributed by atoms with van der Waals surface area (Å²) in [7, 11) is 0. The minimum atomic E-state index is 0.490. The van der Waals surface area contributed by atoms with E-state index in [-0.39, 0.29) is 0 Å². The predicted octanol–water partition coefficient (Wildman–Crippen LogP) is 5.61.